The minimum Gasteiger partial charge on any atom is -0.448 e. The van der Waals surface area contributed by atoms with Gasteiger partial charge in [0.1, 0.15) is 6.54 Å². The molecule has 1 unspecified atom stereocenters. The normalized spacial score (nSPS) is 20.2. The van der Waals surface area contributed by atoms with Crippen molar-refractivity contribution in [2.24, 2.45) is 0 Å². The van der Waals surface area contributed by atoms with Gasteiger partial charge in [0.05, 0.1) is 19.6 Å². The van der Waals surface area contributed by atoms with E-state index in [-0.39, 0.29) is 0 Å². The predicted molar refractivity (Wildman–Crippen MR) is 39.9 cm³/mol. The SMILES string of the molecule is CNONCC[NH+]([NH-])N1CC1. The van der Waals surface area contributed by atoms with E-state index in [0.717, 1.165) is 19.6 Å². The van der Waals surface area contributed by atoms with Crippen LogP contribution in [0.15, 0.2) is 0 Å². The fraction of sp³-hybridized carbons (Fsp3) is 1.00. The zero-order chi connectivity index (χ0) is 8.10. The Morgan fingerprint density at radius 3 is 2.91 bits per heavy atom. The van der Waals surface area contributed by atoms with Crippen LogP contribution in [-0.2, 0) is 4.94 Å². The molecule has 6 heteroatoms. The Morgan fingerprint density at radius 1 is 1.64 bits per heavy atom. The lowest BCUT2D eigenvalue weighted by molar-refractivity contribution is -0.949. The minimum atomic E-state index is 0.677. The van der Waals surface area contributed by atoms with Crippen molar-refractivity contribution in [3.63, 3.8) is 0 Å². The van der Waals surface area contributed by atoms with Crippen LogP contribution in [0.25, 0.3) is 5.84 Å². The average Bonchev–Trinajstić information content (AvgIpc) is 2.79. The van der Waals surface area contributed by atoms with Gasteiger partial charge in [0, 0.05) is 7.05 Å². The third kappa shape index (κ3) is 3.61. The summed E-state index contributed by atoms with van der Waals surface area (Å²) in [5.41, 5.74) is 5.16. The topological polar surface area (TPSA) is 64.5 Å². The third-order valence-corrected chi connectivity index (χ3v) is 1.47. The van der Waals surface area contributed by atoms with Gasteiger partial charge in [-0.05, 0) is 0 Å². The highest BCUT2D eigenvalue weighted by Gasteiger charge is 2.23. The highest BCUT2D eigenvalue weighted by atomic mass is 16.8. The smallest absolute Gasteiger partial charge is 0.101 e. The summed E-state index contributed by atoms with van der Waals surface area (Å²) in [7, 11) is 1.68. The first-order valence-electron chi connectivity index (χ1n) is 3.72. The number of hydrogen-bond acceptors (Lipinski definition) is 4. The number of rotatable bonds is 6. The van der Waals surface area contributed by atoms with Gasteiger partial charge in [-0.1, -0.05) is 0 Å². The summed E-state index contributed by atoms with van der Waals surface area (Å²) in [5.74, 6) is 7.45. The van der Waals surface area contributed by atoms with Gasteiger partial charge >= 0.3 is 0 Å². The summed E-state index contributed by atoms with van der Waals surface area (Å²) in [4.78, 5) is 4.67. The summed E-state index contributed by atoms with van der Waals surface area (Å²) in [6.45, 7) is 3.50. The maximum Gasteiger partial charge on any atom is 0.101 e. The molecule has 66 valence electrons. The summed E-state index contributed by atoms with van der Waals surface area (Å²) in [5, 5.41) is 2.71. The van der Waals surface area contributed by atoms with Crippen molar-refractivity contribution in [2.75, 3.05) is 33.2 Å². The molecule has 1 saturated heterocycles. The van der Waals surface area contributed by atoms with E-state index in [4.69, 9.17) is 5.84 Å². The second-order valence-electron chi connectivity index (χ2n) is 2.38. The summed E-state index contributed by atoms with van der Waals surface area (Å²) >= 11 is 0. The van der Waals surface area contributed by atoms with Crippen LogP contribution in [0.5, 0.6) is 0 Å². The average molecular weight is 161 g/mol. The lowest BCUT2D eigenvalue weighted by atomic mass is 10.7. The Morgan fingerprint density at radius 2 is 2.36 bits per heavy atom. The molecule has 0 saturated carbocycles. The molecule has 0 radical (unpaired) electrons. The number of hydrogen-bond donors (Lipinski definition) is 3. The zero-order valence-corrected chi connectivity index (χ0v) is 6.68. The Hall–Kier alpha value is -0.240. The summed E-state index contributed by atoms with van der Waals surface area (Å²) < 4.78 is 0. The molecule has 6 nitrogen and oxygen atoms in total. The van der Waals surface area contributed by atoms with Crippen LogP contribution in [0.2, 0.25) is 0 Å². The van der Waals surface area contributed by atoms with E-state index < -0.39 is 0 Å². The highest BCUT2D eigenvalue weighted by Crippen LogP contribution is 1.90. The molecule has 1 fully saturated rings. The van der Waals surface area contributed by atoms with Crippen molar-refractivity contribution < 1.29 is 10.1 Å². The van der Waals surface area contributed by atoms with Crippen molar-refractivity contribution in [2.45, 2.75) is 0 Å². The summed E-state index contributed by atoms with van der Waals surface area (Å²) in [6, 6.07) is 0. The number of nitrogens with zero attached hydrogens (tertiary/aromatic N) is 1. The molecule has 1 atom stereocenters. The van der Waals surface area contributed by atoms with E-state index in [9.17, 15) is 0 Å². The van der Waals surface area contributed by atoms with Gasteiger partial charge in [0.2, 0.25) is 0 Å². The third-order valence-electron chi connectivity index (χ3n) is 1.47. The standard InChI is InChI=1S/C5H15N5O/c1-7-11-8-2-3-10(6)9-4-5-9/h6-8,10H,2-5H2,1H3. The van der Waals surface area contributed by atoms with E-state index >= 15 is 0 Å². The van der Waals surface area contributed by atoms with Gasteiger partial charge in [-0.15, -0.1) is 0 Å². The molecular weight excluding hydrogens is 146 g/mol. The molecule has 0 aromatic heterocycles. The molecule has 1 rings (SSSR count). The maximum absolute atomic E-state index is 7.45. The van der Waals surface area contributed by atoms with E-state index in [1.54, 1.807) is 7.05 Å². The first kappa shape index (κ1) is 8.85. The van der Waals surface area contributed by atoms with Crippen LogP contribution >= 0.6 is 0 Å². The molecule has 11 heavy (non-hydrogen) atoms. The van der Waals surface area contributed by atoms with Gasteiger partial charge < -0.3 is 11.0 Å². The van der Waals surface area contributed by atoms with E-state index in [1.807, 2.05) is 5.01 Å². The van der Waals surface area contributed by atoms with Gasteiger partial charge in [-0.3, -0.25) is 0 Å². The largest absolute Gasteiger partial charge is 0.448 e. The van der Waals surface area contributed by atoms with Crippen LogP contribution in [0.1, 0.15) is 0 Å². The zero-order valence-electron chi connectivity index (χ0n) is 6.68. The van der Waals surface area contributed by atoms with Crippen LogP contribution in [0.4, 0.5) is 0 Å². The van der Waals surface area contributed by atoms with E-state index in [1.165, 1.54) is 0 Å². The highest BCUT2D eigenvalue weighted by molar-refractivity contribution is 4.59. The molecule has 0 bridgehead atoms. The maximum atomic E-state index is 7.45. The number of nitrogens with one attached hydrogen (secondary N) is 4. The molecular formula is C5H15N5O. The van der Waals surface area contributed by atoms with Crippen LogP contribution < -0.4 is 16.1 Å². The van der Waals surface area contributed by atoms with Crippen molar-refractivity contribution in [1.82, 2.24) is 16.0 Å². The minimum absolute atomic E-state index is 0.677. The lowest BCUT2D eigenvalue weighted by Crippen LogP contribution is -3.09. The van der Waals surface area contributed by atoms with Crippen molar-refractivity contribution in [3.8, 4) is 0 Å². The summed E-state index contributed by atoms with van der Waals surface area (Å²) in [6.07, 6.45) is 0. The molecule has 0 amide bonds. The van der Waals surface area contributed by atoms with E-state index in [0.29, 0.717) is 11.7 Å². The monoisotopic (exact) mass is 161 g/mol. The predicted octanol–water partition coefficient (Wildman–Crippen LogP) is -2.28. The lowest BCUT2D eigenvalue weighted by Gasteiger charge is -2.20. The molecule has 0 spiro atoms. The first-order valence-corrected chi connectivity index (χ1v) is 3.72. The Kier molecular flexibility index (Phi) is 3.70. The molecule has 0 aromatic rings. The van der Waals surface area contributed by atoms with Crippen LogP contribution in [-0.4, -0.2) is 38.2 Å². The Bertz CT molecular complexity index is 107. The first-order chi connectivity index (χ1) is 5.34. The quantitative estimate of drug-likeness (QED) is 0.233. The fourth-order valence-electron chi connectivity index (χ4n) is 0.771. The molecule has 0 aromatic carbocycles. The Balaban J connectivity index is 1.85. The number of quaternary nitrogens is 1. The van der Waals surface area contributed by atoms with Gasteiger partial charge in [-0.2, -0.15) is 16.0 Å². The second-order valence-corrected chi connectivity index (χ2v) is 2.38. The van der Waals surface area contributed by atoms with Crippen molar-refractivity contribution >= 4 is 0 Å². The molecule has 4 N–H and O–H groups in total. The second kappa shape index (κ2) is 4.60. The molecule has 1 aliphatic heterocycles. The van der Waals surface area contributed by atoms with E-state index in [2.05, 4.69) is 15.9 Å². The fourth-order valence-corrected chi connectivity index (χ4v) is 0.771. The van der Waals surface area contributed by atoms with Gasteiger partial charge in [-0.25, -0.2) is 4.94 Å². The van der Waals surface area contributed by atoms with Gasteiger partial charge in [0.25, 0.3) is 0 Å². The van der Waals surface area contributed by atoms with Gasteiger partial charge in [0.15, 0.2) is 0 Å². The van der Waals surface area contributed by atoms with Crippen LogP contribution in [0, 0.1) is 0 Å². The number of hydroxylamine groups is 2. The van der Waals surface area contributed by atoms with Crippen LogP contribution in [0.3, 0.4) is 0 Å². The Labute approximate surface area is 66.1 Å². The molecule has 1 heterocycles. The van der Waals surface area contributed by atoms with Crippen molar-refractivity contribution in [1.29, 1.82) is 0 Å². The van der Waals surface area contributed by atoms with Crippen molar-refractivity contribution in [3.05, 3.63) is 5.84 Å². The molecule has 0 aliphatic carbocycles. The molecule has 1 aliphatic rings.